The van der Waals surface area contributed by atoms with Crippen LogP contribution in [-0.4, -0.2) is 26.9 Å². The predicted molar refractivity (Wildman–Crippen MR) is 61.5 cm³/mol. The van der Waals surface area contributed by atoms with Crippen LogP contribution >= 0.6 is 0 Å². The van der Waals surface area contributed by atoms with Crippen LogP contribution in [0.4, 0.5) is 5.82 Å². The number of hydrogen-bond donors (Lipinski definition) is 2. The van der Waals surface area contributed by atoms with Crippen molar-refractivity contribution >= 4 is 5.82 Å². The fourth-order valence-electron chi connectivity index (χ4n) is 1.34. The Labute approximate surface area is 92.9 Å². The first-order chi connectivity index (χ1) is 7.47. The zero-order chi connectivity index (χ0) is 12.3. The fraction of sp³-hybridized carbons (Fsp3) is 0.667. The lowest BCUT2D eigenvalue weighted by molar-refractivity contribution is 0.596. The minimum atomic E-state index is -0.443. The van der Waals surface area contributed by atoms with Crippen molar-refractivity contribution in [2.75, 3.05) is 11.9 Å². The summed E-state index contributed by atoms with van der Waals surface area (Å²) in [5, 5.41) is 6.81. The molecule has 90 valence electrons. The van der Waals surface area contributed by atoms with Crippen molar-refractivity contribution in [3.05, 3.63) is 20.8 Å². The molecule has 1 unspecified atom stereocenters. The topological polar surface area (TPSA) is 94.9 Å². The van der Waals surface area contributed by atoms with Gasteiger partial charge < -0.3 is 11.1 Å². The van der Waals surface area contributed by atoms with Gasteiger partial charge in [-0.25, -0.2) is 9.48 Å². The molecule has 0 spiro atoms. The third-order valence-corrected chi connectivity index (χ3v) is 2.30. The van der Waals surface area contributed by atoms with Crippen LogP contribution in [-0.2, 0) is 14.1 Å². The lowest BCUT2D eigenvalue weighted by atomic mass is 10.2. The summed E-state index contributed by atoms with van der Waals surface area (Å²) in [5.41, 5.74) is 4.54. The Kier molecular flexibility index (Phi) is 3.83. The van der Waals surface area contributed by atoms with Gasteiger partial charge in [0.15, 0.2) is 0 Å². The number of aryl methyl sites for hydroxylation is 1. The molecule has 0 saturated heterocycles. The first kappa shape index (κ1) is 12.4. The van der Waals surface area contributed by atoms with Gasteiger partial charge in [-0.1, -0.05) is 0 Å². The highest BCUT2D eigenvalue weighted by Gasteiger charge is 2.10. The maximum atomic E-state index is 11.7. The minimum Gasteiger partial charge on any atom is -0.362 e. The molecule has 0 fully saturated rings. The summed E-state index contributed by atoms with van der Waals surface area (Å²) in [5.74, 6) is 0.172. The van der Waals surface area contributed by atoms with E-state index in [1.165, 1.54) is 14.1 Å². The van der Waals surface area contributed by atoms with Gasteiger partial charge >= 0.3 is 5.69 Å². The Morgan fingerprint density at radius 1 is 1.44 bits per heavy atom. The van der Waals surface area contributed by atoms with Gasteiger partial charge in [-0.3, -0.25) is 9.36 Å². The molecule has 0 amide bonds. The highest BCUT2D eigenvalue weighted by Crippen LogP contribution is 1.97. The van der Waals surface area contributed by atoms with Crippen molar-refractivity contribution in [3.8, 4) is 0 Å². The second kappa shape index (κ2) is 4.93. The molecule has 0 aliphatic carbocycles. The zero-order valence-corrected chi connectivity index (χ0v) is 9.73. The number of rotatable bonds is 4. The van der Waals surface area contributed by atoms with Crippen molar-refractivity contribution in [2.24, 2.45) is 19.8 Å². The molecule has 0 aromatic carbocycles. The molecule has 16 heavy (non-hydrogen) atoms. The lowest BCUT2D eigenvalue weighted by Crippen LogP contribution is -2.41. The zero-order valence-electron chi connectivity index (χ0n) is 9.73. The van der Waals surface area contributed by atoms with Gasteiger partial charge in [0.05, 0.1) is 0 Å². The number of anilines is 1. The molecule has 0 radical (unpaired) electrons. The quantitative estimate of drug-likeness (QED) is 0.661. The van der Waals surface area contributed by atoms with Crippen LogP contribution < -0.4 is 22.3 Å². The molecular weight excluding hydrogens is 210 g/mol. The predicted octanol–water partition coefficient (Wildman–Crippen LogP) is -1.37. The van der Waals surface area contributed by atoms with E-state index >= 15 is 0 Å². The third-order valence-electron chi connectivity index (χ3n) is 2.30. The summed E-state index contributed by atoms with van der Waals surface area (Å²) >= 11 is 0. The number of nitrogens with two attached hydrogens (primary N) is 1. The van der Waals surface area contributed by atoms with E-state index in [0.717, 1.165) is 15.7 Å². The van der Waals surface area contributed by atoms with Crippen molar-refractivity contribution in [1.29, 1.82) is 0 Å². The van der Waals surface area contributed by atoms with Crippen molar-refractivity contribution in [1.82, 2.24) is 14.3 Å². The molecule has 7 nitrogen and oxygen atoms in total. The maximum Gasteiger partial charge on any atom is 0.346 e. The second-order valence-corrected chi connectivity index (χ2v) is 3.74. The summed E-state index contributed by atoms with van der Waals surface area (Å²) in [6, 6.07) is 0.0442. The average Bonchev–Trinajstić information content (AvgIpc) is 2.23. The fourth-order valence-corrected chi connectivity index (χ4v) is 1.34. The molecule has 1 heterocycles. The molecule has 0 aliphatic rings. The second-order valence-electron chi connectivity index (χ2n) is 3.74. The molecular formula is C9H17N5O2. The van der Waals surface area contributed by atoms with Crippen molar-refractivity contribution in [3.63, 3.8) is 0 Å². The van der Waals surface area contributed by atoms with E-state index < -0.39 is 11.2 Å². The van der Waals surface area contributed by atoms with Gasteiger partial charge in [-0.15, -0.1) is 5.10 Å². The molecule has 0 bridgehead atoms. The Morgan fingerprint density at radius 2 is 2.06 bits per heavy atom. The van der Waals surface area contributed by atoms with Crippen LogP contribution in [0.3, 0.4) is 0 Å². The molecule has 1 atom stereocenters. The normalized spacial score (nSPS) is 12.5. The van der Waals surface area contributed by atoms with Gasteiger partial charge in [0.2, 0.25) is 5.82 Å². The first-order valence-corrected chi connectivity index (χ1v) is 5.08. The summed E-state index contributed by atoms with van der Waals surface area (Å²) < 4.78 is 2.14. The van der Waals surface area contributed by atoms with Crippen LogP contribution in [0.15, 0.2) is 9.59 Å². The van der Waals surface area contributed by atoms with Gasteiger partial charge in [-0.2, -0.15) is 0 Å². The van der Waals surface area contributed by atoms with Crippen LogP contribution in [0.25, 0.3) is 0 Å². The molecule has 1 aromatic rings. The lowest BCUT2D eigenvalue weighted by Gasteiger charge is -2.13. The number of nitrogens with zero attached hydrogens (tertiary/aromatic N) is 3. The summed E-state index contributed by atoms with van der Waals surface area (Å²) in [6.45, 7) is 2.43. The van der Waals surface area contributed by atoms with Gasteiger partial charge in [-0.05, 0) is 19.9 Å². The van der Waals surface area contributed by atoms with Crippen molar-refractivity contribution in [2.45, 2.75) is 19.4 Å². The minimum absolute atomic E-state index is 0.0442. The maximum absolute atomic E-state index is 11.7. The first-order valence-electron chi connectivity index (χ1n) is 5.08. The van der Waals surface area contributed by atoms with Gasteiger partial charge in [0.25, 0.3) is 5.56 Å². The monoisotopic (exact) mass is 227 g/mol. The smallest absolute Gasteiger partial charge is 0.346 e. The standard InChI is InChI=1S/C9H17N5O2/c1-6(4-5-10)11-7-8(15)13(2)9(16)14(3)12-7/h6H,4-5,10H2,1-3H3,(H,11,12). The van der Waals surface area contributed by atoms with E-state index in [-0.39, 0.29) is 11.9 Å². The molecule has 7 heteroatoms. The largest absolute Gasteiger partial charge is 0.362 e. The van der Waals surface area contributed by atoms with E-state index in [2.05, 4.69) is 10.4 Å². The Balaban J connectivity index is 3.07. The SMILES string of the molecule is CC(CCN)Nc1nn(C)c(=O)n(C)c1=O. The van der Waals surface area contributed by atoms with Gasteiger partial charge in [0.1, 0.15) is 0 Å². The molecule has 1 rings (SSSR count). The van der Waals surface area contributed by atoms with Crippen LogP contribution in [0.5, 0.6) is 0 Å². The van der Waals surface area contributed by atoms with E-state index in [1.807, 2.05) is 6.92 Å². The van der Waals surface area contributed by atoms with E-state index in [4.69, 9.17) is 5.73 Å². The molecule has 0 saturated carbocycles. The summed E-state index contributed by atoms with van der Waals surface area (Å²) in [4.78, 5) is 23.0. The van der Waals surface area contributed by atoms with Crippen LogP contribution in [0, 0.1) is 0 Å². The Bertz CT molecular complexity index is 476. The molecule has 1 aromatic heterocycles. The highest BCUT2D eigenvalue weighted by molar-refractivity contribution is 5.30. The summed E-state index contributed by atoms with van der Waals surface area (Å²) in [6.07, 6.45) is 0.730. The average molecular weight is 227 g/mol. The number of nitrogens with one attached hydrogen (secondary N) is 1. The highest BCUT2D eigenvalue weighted by atomic mass is 16.2. The number of hydrogen-bond acceptors (Lipinski definition) is 5. The van der Waals surface area contributed by atoms with E-state index in [0.29, 0.717) is 6.54 Å². The summed E-state index contributed by atoms with van der Waals surface area (Å²) in [7, 11) is 2.92. The molecule has 3 N–H and O–H groups in total. The molecule has 0 aliphatic heterocycles. The van der Waals surface area contributed by atoms with Crippen LogP contribution in [0.1, 0.15) is 13.3 Å². The van der Waals surface area contributed by atoms with E-state index in [9.17, 15) is 9.59 Å². The third kappa shape index (κ3) is 2.48. The Morgan fingerprint density at radius 3 is 2.62 bits per heavy atom. The van der Waals surface area contributed by atoms with Crippen LogP contribution in [0.2, 0.25) is 0 Å². The van der Waals surface area contributed by atoms with Crippen molar-refractivity contribution < 1.29 is 0 Å². The van der Waals surface area contributed by atoms with E-state index in [1.54, 1.807) is 0 Å². The van der Waals surface area contributed by atoms with Gasteiger partial charge in [0, 0.05) is 20.1 Å². The Hall–Kier alpha value is -1.63. The number of aromatic nitrogens is 3.